The van der Waals surface area contributed by atoms with Gasteiger partial charge in [0.25, 0.3) is 0 Å². The first-order valence-electron chi connectivity index (χ1n) is 5.53. The smallest absolute Gasteiger partial charge is 0.387 e. The molecular formula is C12H15F2NO3. The van der Waals surface area contributed by atoms with E-state index in [4.69, 9.17) is 5.11 Å². The van der Waals surface area contributed by atoms with Crippen LogP contribution < -0.4 is 10.1 Å². The number of halogens is 2. The predicted octanol–water partition coefficient (Wildman–Crippen LogP) is 2.24. The second kappa shape index (κ2) is 6.90. The van der Waals surface area contributed by atoms with E-state index in [0.29, 0.717) is 13.0 Å². The van der Waals surface area contributed by atoms with Gasteiger partial charge in [0.2, 0.25) is 0 Å². The number of ether oxygens (including phenoxy) is 1. The fraction of sp³-hybridized carbons (Fsp3) is 0.417. The summed E-state index contributed by atoms with van der Waals surface area (Å²) in [5.41, 5.74) is 0.802. The van der Waals surface area contributed by atoms with Gasteiger partial charge in [-0.3, -0.25) is 4.79 Å². The summed E-state index contributed by atoms with van der Waals surface area (Å²) < 4.78 is 28.0. The van der Waals surface area contributed by atoms with Crippen molar-refractivity contribution in [1.82, 2.24) is 5.32 Å². The van der Waals surface area contributed by atoms with Crippen molar-refractivity contribution in [3.8, 4) is 5.75 Å². The quantitative estimate of drug-likeness (QED) is 0.788. The fourth-order valence-corrected chi connectivity index (χ4v) is 1.44. The van der Waals surface area contributed by atoms with Crippen LogP contribution in [-0.4, -0.2) is 23.7 Å². The summed E-state index contributed by atoms with van der Waals surface area (Å²) in [4.78, 5) is 10.8. The van der Waals surface area contributed by atoms with Crippen LogP contribution in [0, 0.1) is 0 Å². The highest BCUT2D eigenvalue weighted by Gasteiger charge is 2.13. The van der Waals surface area contributed by atoms with Crippen LogP contribution in [0.3, 0.4) is 0 Å². The van der Waals surface area contributed by atoms with Gasteiger partial charge in [-0.15, -0.1) is 0 Å². The highest BCUT2D eigenvalue weighted by Crippen LogP contribution is 2.14. The van der Waals surface area contributed by atoms with Crippen LogP contribution in [0.2, 0.25) is 0 Å². The lowest BCUT2D eigenvalue weighted by atomic mass is 10.2. The number of hydrogen-bond donors (Lipinski definition) is 2. The molecule has 1 unspecified atom stereocenters. The molecule has 0 aliphatic rings. The Morgan fingerprint density at radius 2 is 2.00 bits per heavy atom. The molecule has 0 heterocycles. The van der Waals surface area contributed by atoms with Gasteiger partial charge in [-0.2, -0.15) is 8.78 Å². The van der Waals surface area contributed by atoms with Crippen LogP contribution in [0.4, 0.5) is 8.78 Å². The molecule has 18 heavy (non-hydrogen) atoms. The van der Waals surface area contributed by atoms with Gasteiger partial charge in [0.15, 0.2) is 0 Å². The minimum Gasteiger partial charge on any atom is -0.480 e. The lowest BCUT2D eigenvalue weighted by Crippen LogP contribution is -2.35. The Morgan fingerprint density at radius 3 is 2.44 bits per heavy atom. The summed E-state index contributed by atoms with van der Waals surface area (Å²) >= 11 is 0. The molecule has 4 nitrogen and oxygen atoms in total. The van der Waals surface area contributed by atoms with Gasteiger partial charge in [-0.05, 0) is 24.1 Å². The Bertz CT molecular complexity index is 381. The van der Waals surface area contributed by atoms with Gasteiger partial charge in [0.1, 0.15) is 11.8 Å². The van der Waals surface area contributed by atoms with Gasteiger partial charge in [-0.25, -0.2) is 0 Å². The van der Waals surface area contributed by atoms with Crippen LogP contribution in [0.1, 0.15) is 18.9 Å². The molecule has 0 radical (unpaired) electrons. The van der Waals surface area contributed by atoms with Crippen LogP contribution in [0.5, 0.6) is 5.75 Å². The summed E-state index contributed by atoms with van der Waals surface area (Å²) in [5, 5.41) is 11.7. The van der Waals surface area contributed by atoms with Gasteiger partial charge in [0.05, 0.1) is 0 Å². The highest BCUT2D eigenvalue weighted by molar-refractivity contribution is 5.73. The van der Waals surface area contributed by atoms with Crippen molar-refractivity contribution < 1.29 is 23.4 Å². The molecule has 1 aromatic rings. The average molecular weight is 259 g/mol. The second-order valence-electron chi connectivity index (χ2n) is 3.70. The summed E-state index contributed by atoms with van der Waals surface area (Å²) in [6.45, 7) is -0.712. The van der Waals surface area contributed by atoms with E-state index in [1.165, 1.54) is 12.1 Å². The lowest BCUT2D eigenvalue weighted by Gasteiger charge is -2.12. The first-order chi connectivity index (χ1) is 8.52. The van der Waals surface area contributed by atoms with Gasteiger partial charge in [0, 0.05) is 6.54 Å². The molecule has 1 aromatic carbocycles. The van der Waals surface area contributed by atoms with E-state index in [-0.39, 0.29) is 5.75 Å². The number of benzene rings is 1. The average Bonchev–Trinajstić information content (AvgIpc) is 2.31. The molecule has 1 atom stereocenters. The topological polar surface area (TPSA) is 58.6 Å². The van der Waals surface area contributed by atoms with Crippen molar-refractivity contribution in [3.05, 3.63) is 29.8 Å². The van der Waals surface area contributed by atoms with E-state index in [1.54, 1.807) is 19.1 Å². The number of carboxylic acid groups (broad SMARTS) is 1. The number of hydrogen-bond acceptors (Lipinski definition) is 3. The summed E-state index contributed by atoms with van der Waals surface area (Å²) in [6.07, 6.45) is 0.474. The molecule has 1 rings (SSSR count). The molecule has 0 aliphatic heterocycles. The molecule has 0 fully saturated rings. The zero-order valence-corrected chi connectivity index (χ0v) is 9.90. The van der Waals surface area contributed by atoms with Crippen LogP contribution in [-0.2, 0) is 11.3 Å². The third-order valence-electron chi connectivity index (χ3n) is 2.41. The maximum Gasteiger partial charge on any atom is 0.387 e. The minimum absolute atomic E-state index is 0.0824. The molecular weight excluding hydrogens is 244 g/mol. The van der Waals surface area contributed by atoms with Crippen molar-refractivity contribution in [2.24, 2.45) is 0 Å². The van der Waals surface area contributed by atoms with Crippen LogP contribution in [0.15, 0.2) is 24.3 Å². The maximum atomic E-state index is 11.9. The first kappa shape index (κ1) is 14.4. The summed E-state index contributed by atoms with van der Waals surface area (Å²) in [6, 6.07) is 5.45. The van der Waals surface area contributed by atoms with E-state index in [9.17, 15) is 13.6 Å². The molecule has 0 spiro atoms. The molecule has 0 bridgehead atoms. The molecule has 0 aliphatic carbocycles. The molecule has 2 N–H and O–H groups in total. The number of alkyl halides is 2. The maximum absolute atomic E-state index is 11.9. The Labute approximate surface area is 104 Å². The predicted molar refractivity (Wildman–Crippen MR) is 61.6 cm³/mol. The third kappa shape index (κ3) is 4.67. The Morgan fingerprint density at radius 1 is 1.39 bits per heavy atom. The molecule has 0 aromatic heterocycles. The van der Waals surface area contributed by atoms with Crippen molar-refractivity contribution in [2.45, 2.75) is 32.5 Å². The summed E-state index contributed by atoms with van der Waals surface area (Å²) in [5.74, 6) is -0.825. The van der Waals surface area contributed by atoms with E-state index >= 15 is 0 Å². The zero-order chi connectivity index (χ0) is 13.5. The number of rotatable bonds is 7. The monoisotopic (exact) mass is 259 g/mol. The van der Waals surface area contributed by atoms with Gasteiger partial charge in [-0.1, -0.05) is 19.1 Å². The Kier molecular flexibility index (Phi) is 5.51. The minimum atomic E-state index is -2.84. The van der Waals surface area contributed by atoms with E-state index in [1.807, 2.05) is 0 Å². The Balaban J connectivity index is 2.50. The first-order valence-corrected chi connectivity index (χ1v) is 5.53. The number of nitrogens with one attached hydrogen (secondary N) is 1. The second-order valence-corrected chi connectivity index (χ2v) is 3.70. The van der Waals surface area contributed by atoms with Crippen molar-refractivity contribution >= 4 is 5.97 Å². The van der Waals surface area contributed by atoms with Crippen LogP contribution >= 0.6 is 0 Å². The number of carboxylic acids is 1. The van der Waals surface area contributed by atoms with Crippen molar-refractivity contribution in [2.75, 3.05) is 0 Å². The molecule has 6 heteroatoms. The molecule has 100 valence electrons. The third-order valence-corrected chi connectivity index (χ3v) is 2.41. The van der Waals surface area contributed by atoms with E-state index in [2.05, 4.69) is 10.1 Å². The molecule has 0 saturated carbocycles. The highest BCUT2D eigenvalue weighted by atomic mass is 19.3. The normalized spacial score (nSPS) is 12.4. The van der Waals surface area contributed by atoms with Gasteiger partial charge < -0.3 is 15.2 Å². The van der Waals surface area contributed by atoms with Crippen molar-refractivity contribution in [3.63, 3.8) is 0 Å². The standard InChI is InChI=1S/C12H15F2NO3/c1-2-10(11(16)17)15-7-8-3-5-9(6-4-8)18-12(13)14/h3-6,10,12,15H,2,7H2,1H3,(H,16,17). The van der Waals surface area contributed by atoms with Gasteiger partial charge >= 0.3 is 12.6 Å². The fourth-order valence-electron chi connectivity index (χ4n) is 1.44. The summed E-state index contributed by atoms with van der Waals surface area (Å²) in [7, 11) is 0. The van der Waals surface area contributed by atoms with E-state index < -0.39 is 18.6 Å². The van der Waals surface area contributed by atoms with Crippen molar-refractivity contribution in [1.29, 1.82) is 0 Å². The van der Waals surface area contributed by atoms with E-state index in [0.717, 1.165) is 5.56 Å². The number of carbonyl (C=O) groups is 1. The zero-order valence-electron chi connectivity index (χ0n) is 9.90. The van der Waals surface area contributed by atoms with Crippen LogP contribution in [0.25, 0.3) is 0 Å². The Hall–Kier alpha value is -1.69. The largest absolute Gasteiger partial charge is 0.480 e. The SMILES string of the molecule is CCC(NCc1ccc(OC(F)F)cc1)C(=O)O. The molecule has 0 amide bonds. The molecule has 0 saturated heterocycles. The number of aliphatic carboxylic acids is 1. The lowest BCUT2D eigenvalue weighted by molar-refractivity contribution is -0.139.